The molecular formula is C2H6Cl2N2. The highest BCUT2D eigenvalue weighted by Gasteiger charge is 1.85. The zero-order chi connectivity index (χ0) is 4.99. The van der Waals surface area contributed by atoms with Crippen molar-refractivity contribution in [1.82, 2.24) is 5.01 Å². The lowest BCUT2D eigenvalue weighted by atomic mass is 11.2. The van der Waals surface area contributed by atoms with Crippen molar-refractivity contribution in [3.63, 3.8) is 0 Å². The first-order valence-electron chi connectivity index (χ1n) is 1.43. The molecule has 0 bridgehead atoms. The van der Waals surface area contributed by atoms with Gasteiger partial charge in [0.05, 0.1) is 12.0 Å². The number of hydrazine groups is 1. The van der Waals surface area contributed by atoms with Gasteiger partial charge in [-0.25, -0.2) is 5.01 Å². The monoisotopic (exact) mass is 128 g/mol. The van der Waals surface area contributed by atoms with Crippen molar-refractivity contribution >= 4 is 23.2 Å². The van der Waals surface area contributed by atoms with E-state index in [9.17, 15) is 0 Å². The summed E-state index contributed by atoms with van der Waals surface area (Å²) in [6.07, 6.45) is 0. The van der Waals surface area contributed by atoms with Gasteiger partial charge in [0.15, 0.2) is 0 Å². The van der Waals surface area contributed by atoms with Crippen LogP contribution in [-0.2, 0) is 0 Å². The molecule has 0 aliphatic rings. The molecule has 0 aliphatic heterocycles. The first-order valence-corrected chi connectivity index (χ1v) is 2.49. The van der Waals surface area contributed by atoms with E-state index in [2.05, 4.69) is 0 Å². The van der Waals surface area contributed by atoms with E-state index in [1.807, 2.05) is 0 Å². The van der Waals surface area contributed by atoms with Crippen LogP contribution in [0.3, 0.4) is 0 Å². The van der Waals surface area contributed by atoms with Gasteiger partial charge in [0.25, 0.3) is 0 Å². The number of hydrogen-bond donors (Lipinski definition) is 1. The lowest BCUT2D eigenvalue weighted by Gasteiger charge is -2.03. The molecule has 0 aromatic heterocycles. The van der Waals surface area contributed by atoms with Gasteiger partial charge in [-0.15, -0.1) is 23.2 Å². The summed E-state index contributed by atoms with van der Waals surface area (Å²) in [7, 11) is 0. The molecule has 0 aromatic carbocycles. The molecule has 0 rings (SSSR count). The third-order valence-corrected chi connectivity index (χ3v) is 0.921. The van der Waals surface area contributed by atoms with Crippen molar-refractivity contribution in [2.75, 3.05) is 12.0 Å². The Balaban J connectivity index is 2.75. The average molecular weight is 129 g/mol. The van der Waals surface area contributed by atoms with Gasteiger partial charge in [-0.05, 0) is 0 Å². The average Bonchev–Trinajstić information content (AvgIpc) is 1.65. The van der Waals surface area contributed by atoms with E-state index in [1.165, 1.54) is 5.01 Å². The highest BCUT2D eigenvalue weighted by Crippen LogP contribution is 1.82. The van der Waals surface area contributed by atoms with Gasteiger partial charge in [-0.2, -0.15) is 0 Å². The Labute approximate surface area is 46.8 Å². The fourth-order valence-corrected chi connectivity index (χ4v) is 0.287. The van der Waals surface area contributed by atoms with Crippen LogP contribution in [-0.4, -0.2) is 17.0 Å². The van der Waals surface area contributed by atoms with Crippen LogP contribution >= 0.6 is 23.2 Å². The van der Waals surface area contributed by atoms with Gasteiger partial charge in [-0.3, -0.25) is 5.84 Å². The number of nitrogens with zero attached hydrogens (tertiary/aromatic N) is 1. The quantitative estimate of drug-likeness (QED) is 0.255. The van der Waals surface area contributed by atoms with Crippen molar-refractivity contribution in [3.8, 4) is 0 Å². The van der Waals surface area contributed by atoms with Gasteiger partial charge in [0.2, 0.25) is 0 Å². The molecule has 0 unspecified atom stereocenters. The summed E-state index contributed by atoms with van der Waals surface area (Å²) in [5.74, 6) is 5.04. The third-order valence-electron chi connectivity index (χ3n) is 0.307. The van der Waals surface area contributed by atoms with E-state index in [0.717, 1.165) is 0 Å². The molecule has 2 N–H and O–H groups in total. The molecule has 0 aromatic rings. The minimum atomic E-state index is 0.281. The maximum Gasteiger partial charge on any atom is 0.0885 e. The largest absolute Gasteiger partial charge is 0.267 e. The standard InChI is InChI=1S/C2H6Cl2N2/c3-1-6(5)2-4/h1-2,5H2. The number of hydrogen-bond acceptors (Lipinski definition) is 2. The minimum absolute atomic E-state index is 0.281. The van der Waals surface area contributed by atoms with Gasteiger partial charge in [0, 0.05) is 0 Å². The smallest absolute Gasteiger partial charge is 0.0885 e. The summed E-state index contributed by atoms with van der Waals surface area (Å²) in [6.45, 7) is 0. The number of rotatable bonds is 2. The van der Waals surface area contributed by atoms with E-state index in [1.54, 1.807) is 0 Å². The summed E-state index contributed by atoms with van der Waals surface area (Å²) >= 11 is 10.3. The van der Waals surface area contributed by atoms with Crippen molar-refractivity contribution in [1.29, 1.82) is 0 Å². The Kier molecular flexibility index (Phi) is 3.99. The summed E-state index contributed by atoms with van der Waals surface area (Å²) in [5, 5.41) is 1.28. The van der Waals surface area contributed by atoms with Crippen LogP contribution in [0.5, 0.6) is 0 Å². The molecule has 6 heavy (non-hydrogen) atoms. The molecular weight excluding hydrogens is 123 g/mol. The zero-order valence-electron chi connectivity index (χ0n) is 3.19. The second-order valence-electron chi connectivity index (χ2n) is 0.828. The lowest BCUT2D eigenvalue weighted by Crippen LogP contribution is -2.27. The van der Waals surface area contributed by atoms with Gasteiger partial charge >= 0.3 is 0 Å². The van der Waals surface area contributed by atoms with Crippen LogP contribution in [0, 0.1) is 0 Å². The van der Waals surface area contributed by atoms with Crippen molar-refractivity contribution in [3.05, 3.63) is 0 Å². The predicted octanol–water partition coefficient (Wildman–Crippen LogP) is 0.555. The van der Waals surface area contributed by atoms with Crippen molar-refractivity contribution < 1.29 is 0 Å². The summed E-state index contributed by atoms with van der Waals surface area (Å²) in [5.41, 5.74) is 0. The maximum atomic E-state index is 5.17. The molecule has 0 aliphatic carbocycles. The van der Waals surface area contributed by atoms with E-state index in [4.69, 9.17) is 29.0 Å². The fraction of sp³-hybridized carbons (Fsp3) is 1.00. The first-order chi connectivity index (χ1) is 2.81. The molecule has 0 radical (unpaired) electrons. The Morgan fingerprint density at radius 3 is 1.67 bits per heavy atom. The third kappa shape index (κ3) is 2.72. The predicted molar refractivity (Wildman–Crippen MR) is 27.5 cm³/mol. The molecule has 0 atom stereocenters. The molecule has 38 valence electrons. The van der Waals surface area contributed by atoms with Crippen molar-refractivity contribution in [2.24, 2.45) is 5.84 Å². The van der Waals surface area contributed by atoms with Crippen LogP contribution in [0.25, 0.3) is 0 Å². The molecule has 0 saturated heterocycles. The van der Waals surface area contributed by atoms with Crippen LogP contribution in [0.1, 0.15) is 0 Å². The molecule has 0 spiro atoms. The maximum absolute atomic E-state index is 5.17. The van der Waals surface area contributed by atoms with E-state index in [0.29, 0.717) is 0 Å². The van der Waals surface area contributed by atoms with Crippen LogP contribution < -0.4 is 5.84 Å². The van der Waals surface area contributed by atoms with Gasteiger partial charge in [-0.1, -0.05) is 0 Å². The van der Waals surface area contributed by atoms with Gasteiger partial charge < -0.3 is 0 Å². The number of halogens is 2. The normalized spacial score (nSPS) is 10.0. The molecule has 2 nitrogen and oxygen atoms in total. The molecule has 4 heteroatoms. The SMILES string of the molecule is NN(CCl)CCl. The Morgan fingerprint density at radius 1 is 1.33 bits per heavy atom. The highest BCUT2D eigenvalue weighted by molar-refractivity contribution is 6.19. The topological polar surface area (TPSA) is 29.3 Å². The van der Waals surface area contributed by atoms with Crippen molar-refractivity contribution in [2.45, 2.75) is 0 Å². The number of alkyl halides is 2. The minimum Gasteiger partial charge on any atom is -0.267 e. The lowest BCUT2D eigenvalue weighted by molar-refractivity contribution is 0.389. The first kappa shape index (κ1) is 6.50. The Bertz CT molecular complexity index is 28.7. The Morgan fingerprint density at radius 2 is 1.67 bits per heavy atom. The highest BCUT2D eigenvalue weighted by atomic mass is 35.5. The van der Waals surface area contributed by atoms with E-state index >= 15 is 0 Å². The molecule has 0 fully saturated rings. The molecule has 0 heterocycles. The van der Waals surface area contributed by atoms with Gasteiger partial charge in [0.1, 0.15) is 0 Å². The number of nitrogens with two attached hydrogens (primary N) is 1. The second-order valence-corrected chi connectivity index (χ2v) is 1.31. The molecule has 0 saturated carbocycles. The van der Waals surface area contributed by atoms with Crippen LogP contribution in [0.4, 0.5) is 0 Å². The molecule has 0 amide bonds. The van der Waals surface area contributed by atoms with E-state index < -0.39 is 0 Å². The van der Waals surface area contributed by atoms with Crippen LogP contribution in [0.2, 0.25) is 0 Å². The summed E-state index contributed by atoms with van der Waals surface area (Å²) in [4.78, 5) is 0. The fourth-order valence-electron chi connectivity index (χ4n) is 0.0319. The zero-order valence-corrected chi connectivity index (χ0v) is 4.71. The summed E-state index contributed by atoms with van der Waals surface area (Å²) < 4.78 is 0. The van der Waals surface area contributed by atoms with E-state index in [-0.39, 0.29) is 12.0 Å². The Hall–Kier alpha value is 0.500. The van der Waals surface area contributed by atoms with Crippen LogP contribution in [0.15, 0.2) is 0 Å². The second kappa shape index (κ2) is 3.68. The summed E-state index contributed by atoms with van der Waals surface area (Å²) in [6, 6.07) is 0.563.